The van der Waals surface area contributed by atoms with Gasteiger partial charge in [-0.2, -0.15) is 0 Å². The molecule has 0 radical (unpaired) electrons. The number of nitrogens with one attached hydrogen (secondary N) is 2. The number of ether oxygens (including phenoxy) is 2. The molecule has 16 nitrogen and oxygen atoms in total. The molecule has 1 aromatic carbocycles. The van der Waals surface area contributed by atoms with Crippen LogP contribution in [0.1, 0.15) is 102 Å². The SMILES string of the molecule is CCc1cnc(C2=NC(C)(C(C)C)C(=O)N2)c(C(=O)O)c1.COCc1cnc(C2=NC(C)(C(C)C)C(=O)N2)c(C(=O)O)c1.COc1c(Cl)ccc(Cl)c1C(=O)O. The Balaban J connectivity index is 0.000000233. The van der Waals surface area contributed by atoms with E-state index >= 15 is 0 Å². The van der Waals surface area contributed by atoms with Crippen molar-refractivity contribution in [3.05, 3.63) is 85.9 Å². The zero-order chi connectivity index (χ0) is 42.3. The fourth-order valence-corrected chi connectivity index (χ4v) is 5.65. The van der Waals surface area contributed by atoms with Crippen LogP contribution in [0.25, 0.3) is 0 Å². The second-order valence-electron chi connectivity index (χ2n) is 13.6. The number of benzene rings is 1. The summed E-state index contributed by atoms with van der Waals surface area (Å²) in [5.41, 5.74) is -0.0520. The predicted molar refractivity (Wildman–Crippen MR) is 208 cm³/mol. The zero-order valence-corrected chi connectivity index (χ0v) is 33.8. The van der Waals surface area contributed by atoms with Gasteiger partial charge in [0.05, 0.1) is 34.9 Å². The van der Waals surface area contributed by atoms with Crippen molar-refractivity contribution in [1.29, 1.82) is 0 Å². The molecular weight excluding hydrogens is 771 g/mol. The first kappa shape index (κ1) is 44.9. The van der Waals surface area contributed by atoms with Crippen LogP contribution in [0.3, 0.4) is 0 Å². The zero-order valence-electron chi connectivity index (χ0n) is 32.3. The van der Waals surface area contributed by atoms with Gasteiger partial charge in [0.25, 0.3) is 11.8 Å². The van der Waals surface area contributed by atoms with E-state index in [2.05, 4.69) is 30.6 Å². The molecule has 0 aliphatic carbocycles. The van der Waals surface area contributed by atoms with Crippen molar-refractivity contribution in [2.24, 2.45) is 21.8 Å². The summed E-state index contributed by atoms with van der Waals surface area (Å²) in [6, 6.07) is 5.95. The second-order valence-corrected chi connectivity index (χ2v) is 14.4. The van der Waals surface area contributed by atoms with Gasteiger partial charge in [0.2, 0.25) is 0 Å². The molecule has 5 N–H and O–H groups in total. The summed E-state index contributed by atoms with van der Waals surface area (Å²) in [4.78, 5) is 75.0. The smallest absolute Gasteiger partial charge is 0.341 e. The van der Waals surface area contributed by atoms with Gasteiger partial charge in [-0.3, -0.25) is 19.6 Å². The van der Waals surface area contributed by atoms with Gasteiger partial charge in [0, 0.05) is 19.5 Å². The van der Waals surface area contributed by atoms with E-state index in [1.165, 1.54) is 38.6 Å². The molecule has 0 spiro atoms. The molecule has 18 heteroatoms. The van der Waals surface area contributed by atoms with E-state index < -0.39 is 29.0 Å². The predicted octanol–water partition coefficient (Wildman–Crippen LogP) is 5.55. The molecular formula is C38H44Cl2N6O10. The maximum Gasteiger partial charge on any atom is 0.341 e. The number of halogens is 2. The Kier molecular flexibility index (Phi) is 14.8. The summed E-state index contributed by atoms with van der Waals surface area (Å²) in [6.07, 6.45) is 3.82. The fraction of sp³-hybridized carbons (Fsp3) is 0.395. The van der Waals surface area contributed by atoms with Crippen LogP contribution in [0.15, 0.2) is 46.6 Å². The quantitative estimate of drug-likeness (QED) is 0.160. The Labute approximate surface area is 333 Å². The maximum atomic E-state index is 12.2. The molecule has 2 unspecified atom stereocenters. The van der Waals surface area contributed by atoms with Crippen molar-refractivity contribution >= 4 is 64.6 Å². The highest BCUT2D eigenvalue weighted by atomic mass is 35.5. The summed E-state index contributed by atoms with van der Waals surface area (Å²) in [7, 11) is 2.85. The van der Waals surface area contributed by atoms with Gasteiger partial charge in [0.15, 0.2) is 17.4 Å². The maximum absolute atomic E-state index is 12.2. The number of carboxylic acid groups (broad SMARTS) is 3. The molecule has 0 saturated carbocycles. The first-order valence-electron chi connectivity index (χ1n) is 17.2. The number of hydrogen-bond donors (Lipinski definition) is 5. The number of carboxylic acids is 3. The lowest BCUT2D eigenvalue weighted by molar-refractivity contribution is -0.125. The number of aryl methyl sites for hydroxylation is 1. The number of methoxy groups -OCH3 is 2. The van der Waals surface area contributed by atoms with Crippen LogP contribution < -0.4 is 15.4 Å². The summed E-state index contributed by atoms with van der Waals surface area (Å²) >= 11 is 11.4. The molecule has 2 aliphatic rings. The summed E-state index contributed by atoms with van der Waals surface area (Å²) < 4.78 is 9.80. The third kappa shape index (κ3) is 9.67. The van der Waals surface area contributed by atoms with Crippen molar-refractivity contribution in [3.63, 3.8) is 0 Å². The molecule has 3 aromatic rings. The minimum Gasteiger partial charge on any atom is -0.494 e. The van der Waals surface area contributed by atoms with Gasteiger partial charge in [-0.05, 0) is 67.5 Å². The van der Waals surface area contributed by atoms with Crippen molar-refractivity contribution in [2.75, 3.05) is 14.2 Å². The van der Waals surface area contributed by atoms with E-state index in [9.17, 15) is 34.2 Å². The number of amides is 2. The van der Waals surface area contributed by atoms with E-state index in [0.717, 1.165) is 5.56 Å². The Morgan fingerprint density at radius 3 is 1.52 bits per heavy atom. The molecule has 2 aliphatic heterocycles. The van der Waals surface area contributed by atoms with Crippen LogP contribution in [0.2, 0.25) is 10.0 Å². The van der Waals surface area contributed by atoms with E-state index in [4.69, 9.17) is 37.8 Å². The number of aromatic nitrogens is 2. The molecule has 5 rings (SSSR count). The number of aromatic carboxylic acids is 3. The van der Waals surface area contributed by atoms with Crippen molar-refractivity contribution in [3.8, 4) is 5.75 Å². The van der Waals surface area contributed by atoms with Gasteiger partial charge in [-0.25, -0.2) is 24.4 Å². The lowest BCUT2D eigenvalue weighted by Crippen LogP contribution is -2.41. The van der Waals surface area contributed by atoms with Crippen molar-refractivity contribution in [1.82, 2.24) is 20.6 Å². The van der Waals surface area contributed by atoms with Crippen molar-refractivity contribution in [2.45, 2.75) is 72.6 Å². The first-order valence-corrected chi connectivity index (χ1v) is 17.9. The van der Waals surface area contributed by atoms with Crippen LogP contribution in [-0.2, 0) is 27.4 Å². The number of rotatable bonds is 11. The molecule has 56 heavy (non-hydrogen) atoms. The molecule has 4 heterocycles. The third-order valence-corrected chi connectivity index (χ3v) is 9.93. The van der Waals surface area contributed by atoms with Gasteiger partial charge < -0.3 is 35.4 Å². The molecule has 2 aromatic heterocycles. The van der Waals surface area contributed by atoms with Gasteiger partial charge in [0.1, 0.15) is 28.0 Å². The molecule has 0 bridgehead atoms. The monoisotopic (exact) mass is 814 g/mol. The molecule has 2 amide bonds. The molecule has 2 atom stereocenters. The Morgan fingerprint density at radius 2 is 1.18 bits per heavy atom. The van der Waals surface area contributed by atoms with Gasteiger partial charge in [-0.15, -0.1) is 0 Å². The Morgan fingerprint density at radius 1 is 0.750 bits per heavy atom. The highest BCUT2D eigenvalue weighted by molar-refractivity contribution is 6.37. The molecule has 300 valence electrons. The average Bonchev–Trinajstić information content (AvgIpc) is 3.63. The fourth-order valence-electron chi connectivity index (χ4n) is 5.19. The summed E-state index contributed by atoms with van der Waals surface area (Å²) in [5, 5.41) is 33.1. The Bertz CT molecular complexity index is 2100. The van der Waals surface area contributed by atoms with E-state index in [-0.39, 0.29) is 85.8 Å². The van der Waals surface area contributed by atoms with Gasteiger partial charge in [-0.1, -0.05) is 57.8 Å². The van der Waals surface area contributed by atoms with E-state index in [0.29, 0.717) is 12.0 Å². The third-order valence-electron chi connectivity index (χ3n) is 9.31. The molecule has 0 fully saturated rings. The topological polar surface area (TPSA) is 239 Å². The van der Waals surface area contributed by atoms with Crippen LogP contribution in [0, 0.1) is 11.8 Å². The average molecular weight is 816 g/mol. The lowest BCUT2D eigenvalue weighted by Gasteiger charge is -2.21. The number of amidine groups is 2. The number of pyridine rings is 2. The number of carbonyl (C=O) groups is 5. The van der Waals surface area contributed by atoms with E-state index in [1.54, 1.807) is 26.1 Å². The van der Waals surface area contributed by atoms with Crippen LogP contribution >= 0.6 is 23.2 Å². The number of carbonyl (C=O) groups excluding carboxylic acids is 2. The van der Waals surface area contributed by atoms with Crippen LogP contribution in [0.4, 0.5) is 0 Å². The first-order chi connectivity index (χ1) is 26.2. The largest absolute Gasteiger partial charge is 0.494 e. The highest BCUT2D eigenvalue weighted by Gasteiger charge is 2.44. The normalized spacial score (nSPS) is 18.5. The molecule has 0 saturated heterocycles. The minimum absolute atomic E-state index is 0.00167. The summed E-state index contributed by atoms with van der Waals surface area (Å²) in [6.45, 7) is 13.2. The van der Waals surface area contributed by atoms with Crippen LogP contribution in [-0.4, -0.2) is 92.0 Å². The van der Waals surface area contributed by atoms with Crippen molar-refractivity contribution < 1.29 is 48.8 Å². The van der Waals surface area contributed by atoms with E-state index in [1.807, 2.05) is 34.6 Å². The minimum atomic E-state index is -1.16. The standard InChI is InChI=1S/C15H19N3O4.C15H19N3O3.C8H6Cl2O3/c1-8(2)15(3)14(21)17-12(18-15)11-10(13(19)20)5-9(6-16-11)7-22-4;1-5-9-6-10(13(19)20)11(16-7-9)12-17-14(21)15(4,18-12)8(2)3;1-13-7-5(10)3-2-4(9)6(7)8(11)12/h5-6,8H,7H2,1-4H3,(H,19,20)(H,17,18,21);6-8H,5H2,1-4H3,(H,19,20)(H,17,18,21);2-3H,1H3,(H,11,12). The number of hydrogen-bond acceptors (Lipinski definition) is 11. The summed E-state index contributed by atoms with van der Waals surface area (Å²) in [5.74, 6) is -3.37. The second kappa shape index (κ2) is 18.5. The van der Waals surface area contributed by atoms with Crippen LogP contribution in [0.5, 0.6) is 5.75 Å². The number of aliphatic imine (C=N–C) groups is 2. The highest BCUT2D eigenvalue weighted by Crippen LogP contribution is 2.34. The lowest BCUT2D eigenvalue weighted by atomic mass is 9.89. The number of nitrogens with zero attached hydrogens (tertiary/aromatic N) is 4. The van der Waals surface area contributed by atoms with Gasteiger partial charge >= 0.3 is 17.9 Å². The Hall–Kier alpha value is -5.45.